The molecule has 5 rings (SSSR count). The average molecular weight is 423 g/mol. The average Bonchev–Trinajstić information content (AvgIpc) is 2.83. The van der Waals surface area contributed by atoms with Crippen LogP contribution in [0.4, 0.5) is 15.8 Å². The molecule has 0 unspecified atom stereocenters. The van der Waals surface area contributed by atoms with E-state index in [-0.39, 0.29) is 11.7 Å². The molecular formula is C28H23FN2O. The number of carbonyl (C=O) groups excluding carboxylic acids is 1. The second kappa shape index (κ2) is 8.31. The van der Waals surface area contributed by atoms with Gasteiger partial charge in [0, 0.05) is 17.8 Å². The molecule has 0 aliphatic carbocycles. The molecule has 4 heteroatoms. The molecule has 3 nitrogen and oxygen atoms in total. The van der Waals surface area contributed by atoms with E-state index in [1.54, 1.807) is 17.0 Å². The molecule has 0 bridgehead atoms. The lowest BCUT2D eigenvalue weighted by atomic mass is 9.98. The maximum atomic E-state index is 15.2. The van der Waals surface area contributed by atoms with Gasteiger partial charge in [-0.3, -0.25) is 9.69 Å². The van der Waals surface area contributed by atoms with Crippen molar-refractivity contribution in [3.63, 3.8) is 0 Å². The van der Waals surface area contributed by atoms with Crippen LogP contribution in [0, 0.1) is 12.7 Å². The summed E-state index contributed by atoms with van der Waals surface area (Å²) in [6.45, 7) is 2.54. The molecule has 0 N–H and O–H groups in total. The molecule has 0 saturated carbocycles. The van der Waals surface area contributed by atoms with Gasteiger partial charge in [-0.15, -0.1) is 0 Å². The largest absolute Gasteiger partial charge is 0.342 e. The van der Waals surface area contributed by atoms with Crippen molar-refractivity contribution in [2.24, 2.45) is 0 Å². The smallest absolute Gasteiger partial charge is 0.262 e. The van der Waals surface area contributed by atoms with Crippen molar-refractivity contribution in [3.05, 3.63) is 131 Å². The zero-order valence-electron chi connectivity index (χ0n) is 17.8. The van der Waals surface area contributed by atoms with E-state index in [0.29, 0.717) is 17.7 Å². The zero-order valence-corrected chi connectivity index (χ0v) is 17.8. The minimum Gasteiger partial charge on any atom is -0.342 e. The molecule has 4 aromatic carbocycles. The number of hydrogen-bond donors (Lipinski definition) is 0. The van der Waals surface area contributed by atoms with Gasteiger partial charge in [-0.05, 0) is 42.8 Å². The first-order valence-electron chi connectivity index (χ1n) is 10.7. The summed E-state index contributed by atoms with van der Waals surface area (Å²) in [7, 11) is 0. The van der Waals surface area contributed by atoms with Crippen molar-refractivity contribution in [3.8, 4) is 0 Å². The van der Waals surface area contributed by atoms with Gasteiger partial charge in [0.25, 0.3) is 5.91 Å². The number of para-hydroxylation sites is 1. The molecule has 1 heterocycles. The van der Waals surface area contributed by atoms with E-state index in [0.717, 1.165) is 22.5 Å². The van der Waals surface area contributed by atoms with E-state index < -0.39 is 6.17 Å². The molecular weight excluding hydrogens is 399 g/mol. The van der Waals surface area contributed by atoms with E-state index >= 15 is 4.39 Å². The van der Waals surface area contributed by atoms with E-state index in [9.17, 15) is 4.79 Å². The van der Waals surface area contributed by atoms with Gasteiger partial charge < -0.3 is 4.90 Å². The number of hydrogen-bond acceptors (Lipinski definition) is 2. The number of benzene rings is 4. The number of aryl methyl sites for hydroxylation is 1. The lowest BCUT2D eigenvalue weighted by Gasteiger charge is -2.46. The van der Waals surface area contributed by atoms with Crippen molar-refractivity contribution in [1.29, 1.82) is 0 Å². The molecule has 158 valence electrons. The summed E-state index contributed by atoms with van der Waals surface area (Å²) in [5.74, 6) is -0.470. The van der Waals surface area contributed by atoms with E-state index in [4.69, 9.17) is 0 Å². The monoisotopic (exact) mass is 422 g/mol. The van der Waals surface area contributed by atoms with Gasteiger partial charge in [-0.25, -0.2) is 4.39 Å². The lowest BCUT2D eigenvalue weighted by Crippen LogP contribution is -2.49. The van der Waals surface area contributed by atoms with Gasteiger partial charge in [0.2, 0.25) is 0 Å². The maximum absolute atomic E-state index is 15.2. The first-order valence-corrected chi connectivity index (χ1v) is 10.7. The predicted octanol–water partition coefficient (Wildman–Crippen LogP) is 6.50. The third-order valence-corrected chi connectivity index (χ3v) is 5.89. The molecule has 0 radical (unpaired) electrons. The van der Waals surface area contributed by atoms with E-state index in [1.165, 1.54) is 6.07 Å². The van der Waals surface area contributed by atoms with Crippen LogP contribution < -0.4 is 9.80 Å². The normalized spacial score (nSPS) is 15.6. The Morgan fingerprint density at radius 3 is 2.19 bits per heavy atom. The highest BCUT2D eigenvalue weighted by Crippen LogP contribution is 2.42. The molecule has 0 spiro atoms. The van der Waals surface area contributed by atoms with Crippen molar-refractivity contribution >= 4 is 17.3 Å². The SMILES string of the molecule is Cc1ccc(N2C(=O)c3ccccc3N(Cc3ccccc3)[C@H]2c2ccccc2F)cc1. The Kier molecular flexibility index (Phi) is 5.20. The fraction of sp³-hybridized carbons (Fsp3) is 0.107. The first-order chi connectivity index (χ1) is 15.6. The van der Waals surface area contributed by atoms with Gasteiger partial charge in [-0.2, -0.15) is 0 Å². The number of rotatable bonds is 4. The Morgan fingerprint density at radius 2 is 1.44 bits per heavy atom. The second-order valence-electron chi connectivity index (χ2n) is 8.04. The van der Waals surface area contributed by atoms with Crippen LogP contribution in [0.5, 0.6) is 0 Å². The summed E-state index contributed by atoms with van der Waals surface area (Å²) in [5, 5.41) is 0. The molecule has 1 aliphatic rings. The first kappa shape index (κ1) is 20.0. The van der Waals surface area contributed by atoms with E-state index in [2.05, 4.69) is 4.90 Å². The van der Waals surface area contributed by atoms with Crippen LogP contribution in [0.3, 0.4) is 0 Å². The standard InChI is InChI=1S/C28H23FN2O/c1-20-15-17-22(18-16-20)31-27(23-11-5-7-13-25(23)29)30(19-21-9-3-2-4-10-21)26-14-8-6-12-24(26)28(31)32/h2-18,27H,19H2,1H3/t27-/m1/s1. The van der Waals surface area contributed by atoms with Crippen LogP contribution in [0.15, 0.2) is 103 Å². The number of amides is 1. The number of anilines is 2. The van der Waals surface area contributed by atoms with Gasteiger partial charge in [0.15, 0.2) is 0 Å². The number of carbonyl (C=O) groups is 1. The summed E-state index contributed by atoms with van der Waals surface area (Å²) in [5.41, 5.74) is 4.80. The third kappa shape index (κ3) is 3.54. The lowest BCUT2D eigenvalue weighted by molar-refractivity contribution is 0.0967. The Balaban J connectivity index is 1.74. The van der Waals surface area contributed by atoms with Gasteiger partial charge in [-0.1, -0.05) is 78.4 Å². The topological polar surface area (TPSA) is 23.6 Å². The molecule has 0 fully saturated rings. The summed E-state index contributed by atoms with van der Waals surface area (Å²) in [4.78, 5) is 17.6. The van der Waals surface area contributed by atoms with Crippen LogP contribution in [-0.4, -0.2) is 5.91 Å². The van der Waals surface area contributed by atoms with Crippen LogP contribution in [0.2, 0.25) is 0 Å². The third-order valence-electron chi connectivity index (χ3n) is 5.89. The van der Waals surface area contributed by atoms with Crippen molar-refractivity contribution in [1.82, 2.24) is 0 Å². The Hall–Kier alpha value is -3.92. The predicted molar refractivity (Wildman–Crippen MR) is 126 cm³/mol. The number of halogens is 1. The van der Waals surface area contributed by atoms with Crippen molar-refractivity contribution in [2.75, 3.05) is 9.80 Å². The maximum Gasteiger partial charge on any atom is 0.262 e. The molecule has 1 atom stereocenters. The Bertz CT molecular complexity index is 1250. The molecule has 32 heavy (non-hydrogen) atoms. The van der Waals surface area contributed by atoms with E-state index in [1.807, 2.05) is 91.9 Å². The minimum atomic E-state index is -0.624. The highest BCUT2D eigenvalue weighted by molar-refractivity contribution is 6.12. The van der Waals surface area contributed by atoms with Crippen LogP contribution in [0.25, 0.3) is 0 Å². The van der Waals surface area contributed by atoms with Gasteiger partial charge in [0.05, 0.1) is 11.3 Å². The number of fused-ring (bicyclic) bond motifs is 1. The fourth-order valence-corrected chi connectivity index (χ4v) is 4.32. The Labute approximate surface area is 187 Å². The van der Waals surface area contributed by atoms with Gasteiger partial charge >= 0.3 is 0 Å². The number of nitrogens with zero attached hydrogens (tertiary/aromatic N) is 2. The summed E-state index contributed by atoms with van der Waals surface area (Å²) in [6.07, 6.45) is -0.624. The fourth-order valence-electron chi connectivity index (χ4n) is 4.32. The quantitative estimate of drug-likeness (QED) is 0.375. The Morgan fingerprint density at radius 1 is 0.781 bits per heavy atom. The van der Waals surface area contributed by atoms with Crippen LogP contribution in [0.1, 0.15) is 33.2 Å². The molecule has 1 amide bonds. The summed E-state index contributed by atoms with van der Waals surface area (Å²) < 4.78 is 15.2. The highest BCUT2D eigenvalue weighted by atomic mass is 19.1. The van der Waals surface area contributed by atoms with Crippen LogP contribution >= 0.6 is 0 Å². The molecule has 4 aromatic rings. The molecule has 1 aliphatic heterocycles. The van der Waals surface area contributed by atoms with Crippen molar-refractivity contribution < 1.29 is 9.18 Å². The van der Waals surface area contributed by atoms with Crippen LogP contribution in [-0.2, 0) is 6.54 Å². The summed E-state index contributed by atoms with van der Waals surface area (Å²) >= 11 is 0. The van der Waals surface area contributed by atoms with Gasteiger partial charge in [0.1, 0.15) is 12.0 Å². The molecule has 0 saturated heterocycles. The summed E-state index contributed by atoms with van der Waals surface area (Å²) in [6, 6.07) is 32.1. The van der Waals surface area contributed by atoms with Crippen molar-refractivity contribution in [2.45, 2.75) is 19.6 Å². The minimum absolute atomic E-state index is 0.137. The second-order valence-corrected chi connectivity index (χ2v) is 8.04. The molecule has 0 aromatic heterocycles. The zero-order chi connectivity index (χ0) is 22.1. The highest BCUT2D eigenvalue weighted by Gasteiger charge is 2.40.